The Kier molecular flexibility index (Phi) is 7.65. The third-order valence-electron chi connectivity index (χ3n) is 6.69. The van der Waals surface area contributed by atoms with E-state index in [4.69, 9.17) is 26.8 Å². The standard InChI is InChI=1S/C24H30ClN5O5S/c25-21-4-3-20(36-21)23(32)27-10-17-12-30(24(33)35-17)16-1-2-19(29-7-5-15(26)11-29)18(9-16)28-22(31)14-6-8-34-13-14/h1-4,9,14-15,17,23,27,32H,5-8,10-13,26H2,(H,28,31). The summed E-state index contributed by atoms with van der Waals surface area (Å²) in [5.41, 5.74) is 8.26. The van der Waals surface area contributed by atoms with E-state index in [1.165, 1.54) is 16.2 Å². The Labute approximate surface area is 218 Å². The van der Waals surface area contributed by atoms with Crippen LogP contribution in [0.5, 0.6) is 0 Å². The topological polar surface area (TPSA) is 129 Å². The van der Waals surface area contributed by atoms with Crippen LogP contribution in [0.15, 0.2) is 30.3 Å². The second-order valence-electron chi connectivity index (χ2n) is 9.32. The van der Waals surface area contributed by atoms with Crippen LogP contribution < -0.4 is 26.2 Å². The lowest BCUT2D eigenvalue weighted by Gasteiger charge is -2.24. The summed E-state index contributed by atoms with van der Waals surface area (Å²) >= 11 is 7.22. The maximum Gasteiger partial charge on any atom is 0.414 e. The molecule has 0 aliphatic carbocycles. The molecule has 1 aromatic heterocycles. The first kappa shape index (κ1) is 25.2. The molecule has 0 spiro atoms. The molecule has 194 valence electrons. The number of amides is 2. The average Bonchev–Trinajstić information content (AvgIpc) is 3.66. The summed E-state index contributed by atoms with van der Waals surface area (Å²) < 4.78 is 11.5. The Hall–Kier alpha value is -2.41. The highest BCUT2D eigenvalue weighted by molar-refractivity contribution is 7.16. The minimum absolute atomic E-state index is 0.0823. The number of ether oxygens (including phenoxy) is 2. The number of halogens is 1. The van der Waals surface area contributed by atoms with Gasteiger partial charge < -0.3 is 30.5 Å². The minimum Gasteiger partial charge on any atom is -0.443 e. The van der Waals surface area contributed by atoms with Crippen molar-refractivity contribution in [3.63, 3.8) is 0 Å². The van der Waals surface area contributed by atoms with Crippen LogP contribution in [0.1, 0.15) is 23.9 Å². The third-order valence-corrected chi connectivity index (χ3v) is 7.98. The van der Waals surface area contributed by atoms with Crippen molar-refractivity contribution in [1.29, 1.82) is 0 Å². The number of carbonyl (C=O) groups is 2. The van der Waals surface area contributed by atoms with Gasteiger partial charge in [0.1, 0.15) is 12.3 Å². The van der Waals surface area contributed by atoms with Crippen LogP contribution in [-0.4, -0.2) is 68.6 Å². The van der Waals surface area contributed by atoms with Crippen molar-refractivity contribution in [1.82, 2.24) is 5.32 Å². The Bertz CT molecular complexity index is 1110. The molecule has 4 unspecified atom stereocenters. The lowest BCUT2D eigenvalue weighted by atomic mass is 10.1. The zero-order valence-electron chi connectivity index (χ0n) is 19.7. The van der Waals surface area contributed by atoms with Gasteiger partial charge in [0.05, 0.1) is 34.8 Å². The molecule has 4 heterocycles. The van der Waals surface area contributed by atoms with Crippen LogP contribution in [-0.2, 0) is 14.3 Å². The number of nitrogens with two attached hydrogens (primary N) is 1. The first-order valence-corrected chi connectivity index (χ1v) is 13.2. The monoisotopic (exact) mass is 535 g/mol. The number of benzene rings is 1. The van der Waals surface area contributed by atoms with E-state index in [0.717, 1.165) is 18.7 Å². The summed E-state index contributed by atoms with van der Waals surface area (Å²) in [5.74, 6) is -0.289. The highest BCUT2D eigenvalue weighted by Gasteiger charge is 2.34. The van der Waals surface area contributed by atoms with Crippen LogP contribution >= 0.6 is 22.9 Å². The summed E-state index contributed by atoms with van der Waals surface area (Å²) in [5, 5.41) is 16.4. The number of hydrogen-bond acceptors (Lipinski definition) is 9. The average molecular weight is 536 g/mol. The molecule has 36 heavy (non-hydrogen) atoms. The highest BCUT2D eigenvalue weighted by Crippen LogP contribution is 2.35. The molecule has 3 saturated heterocycles. The highest BCUT2D eigenvalue weighted by atomic mass is 35.5. The van der Waals surface area contributed by atoms with E-state index in [-0.39, 0.29) is 24.4 Å². The molecule has 3 aliphatic rings. The van der Waals surface area contributed by atoms with Crippen molar-refractivity contribution in [2.24, 2.45) is 11.7 Å². The molecule has 2 amide bonds. The molecule has 10 nitrogen and oxygen atoms in total. The maximum atomic E-state index is 12.9. The van der Waals surface area contributed by atoms with Crippen LogP contribution in [0.25, 0.3) is 0 Å². The minimum atomic E-state index is -0.900. The van der Waals surface area contributed by atoms with Crippen LogP contribution in [0.4, 0.5) is 21.9 Å². The zero-order valence-corrected chi connectivity index (χ0v) is 21.3. The third kappa shape index (κ3) is 5.61. The summed E-state index contributed by atoms with van der Waals surface area (Å²) in [6.45, 7) is 3.07. The van der Waals surface area contributed by atoms with Crippen LogP contribution in [0.3, 0.4) is 0 Å². The Morgan fingerprint density at radius 2 is 2.14 bits per heavy atom. The molecule has 1 aromatic carbocycles. The quantitative estimate of drug-likeness (QED) is 0.379. The Morgan fingerprint density at radius 1 is 1.28 bits per heavy atom. The van der Waals surface area contributed by atoms with Gasteiger partial charge in [0, 0.05) is 42.8 Å². The zero-order chi connectivity index (χ0) is 25.2. The van der Waals surface area contributed by atoms with Gasteiger partial charge in [-0.2, -0.15) is 0 Å². The molecule has 3 fully saturated rings. The summed E-state index contributed by atoms with van der Waals surface area (Å²) in [4.78, 5) is 30.0. The molecule has 5 rings (SSSR count). The lowest BCUT2D eigenvalue weighted by molar-refractivity contribution is -0.119. The van der Waals surface area contributed by atoms with E-state index in [0.29, 0.717) is 53.3 Å². The van der Waals surface area contributed by atoms with Gasteiger partial charge in [-0.3, -0.25) is 15.0 Å². The number of aliphatic hydroxyl groups is 1. The van der Waals surface area contributed by atoms with Crippen LogP contribution in [0, 0.1) is 5.92 Å². The number of nitrogens with zero attached hydrogens (tertiary/aromatic N) is 2. The SMILES string of the molecule is NC1CCN(c2ccc(N3CC(CNC(O)c4ccc(Cl)s4)OC3=O)cc2NC(=O)C2CCOC2)C1. The number of anilines is 3. The molecule has 5 N–H and O–H groups in total. The van der Waals surface area contributed by atoms with E-state index in [2.05, 4.69) is 15.5 Å². The molecule has 2 aromatic rings. The number of hydrogen-bond donors (Lipinski definition) is 4. The molecular formula is C24H30ClN5O5S. The van der Waals surface area contributed by atoms with Crippen molar-refractivity contribution < 1.29 is 24.2 Å². The van der Waals surface area contributed by atoms with Gasteiger partial charge in [0.25, 0.3) is 0 Å². The fraction of sp³-hybridized carbons (Fsp3) is 0.500. The molecule has 0 radical (unpaired) electrons. The lowest BCUT2D eigenvalue weighted by Crippen LogP contribution is -2.33. The van der Waals surface area contributed by atoms with Gasteiger partial charge in [0.15, 0.2) is 0 Å². The predicted octanol–water partition coefficient (Wildman–Crippen LogP) is 2.52. The second-order valence-corrected chi connectivity index (χ2v) is 11.1. The van der Waals surface area contributed by atoms with Crippen molar-refractivity contribution in [2.75, 3.05) is 54.5 Å². The number of aliphatic hydroxyl groups excluding tert-OH is 1. The van der Waals surface area contributed by atoms with Gasteiger partial charge >= 0.3 is 6.09 Å². The van der Waals surface area contributed by atoms with E-state index in [1.807, 2.05) is 18.2 Å². The summed E-state index contributed by atoms with van der Waals surface area (Å²) in [6.07, 6.45) is -0.267. The van der Waals surface area contributed by atoms with Gasteiger partial charge in [-0.15, -0.1) is 11.3 Å². The molecular weight excluding hydrogens is 506 g/mol. The van der Waals surface area contributed by atoms with Gasteiger partial charge in [-0.05, 0) is 43.2 Å². The van der Waals surface area contributed by atoms with E-state index in [1.54, 1.807) is 12.1 Å². The van der Waals surface area contributed by atoms with Gasteiger partial charge in [0.2, 0.25) is 5.91 Å². The molecule has 12 heteroatoms. The van der Waals surface area contributed by atoms with Gasteiger partial charge in [-0.1, -0.05) is 11.6 Å². The van der Waals surface area contributed by atoms with Crippen molar-refractivity contribution in [2.45, 2.75) is 31.2 Å². The number of thiophene rings is 1. The molecule has 3 aliphatic heterocycles. The Balaban J connectivity index is 1.29. The number of rotatable bonds is 8. The van der Waals surface area contributed by atoms with Crippen molar-refractivity contribution >= 4 is 52.0 Å². The van der Waals surface area contributed by atoms with Crippen LogP contribution in [0.2, 0.25) is 4.34 Å². The smallest absolute Gasteiger partial charge is 0.414 e. The fourth-order valence-electron chi connectivity index (χ4n) is 4.71. The fourth-order valence-corrected chi connectivity index (χ4v) is 5.73. The van der Waals surface area contributed by atoms with Gasteiger partial charge in [-0.25, -0.2) is 4.79 Å². The van der Waals surface area contributed by atoms with Crippen molar-refractivity contribution in [3.05, 3.63) is 39.5 Å². The maximum absolute atomic E-state index is 12.9. The Morgan fingerprint density at radius 3 is 2.83 bits per heavy atom. The predicted molar refractivity (Wildman–Crippen MR) is 139 cm³/mol. The first-order chi connectivity index (χ1) is 17.4. The number of cyclic esters (lactones) is 1. The first-order valence-electron chi connectivity index (χ1n) is 12.1. The van der Waals surface area contributed by atoms with E-state index < -0.39 is 18.4 Å². The largest absolute Gasteiger partial charge is 0.443 e. The molecule has 0 saturated carbocycles. The van der Waals surface area contributed by atoms with Crippen molar-refractivity contribution in [3.8, 4) is 0 Å². The molecule has 4 atom stereocenters. The van der Waals surface area contributed by atoms with E-state index in [9.17, 15) is 14.7 Å². The summed E-state index contributed by atoms with van der Waals surface area (Å²) in [7, 11) is 0. The number of carbonyl (C=O) groups excluding carboxylic acids is 2. The number of nitrogens with one attached hydrogen (secondary N) is 2. The summed E-state index contributed by atoms with van der Waals surface area (Å²) in [6, 6.07) is 9.13. The second kappa shape index (κ2) is 10.9. The van der Waals surface area contributed by atoms with E-state index >= 15 is 0 Å². The normalized spacial score (nSPS) is 24.9. The molecule has 0 bridgehead atoms.